The molecule has 0 aliphatic rings. The number of hydrogen-bond donors (Lipinski definition) is 2. The summed E-state index contributed by atoms with van der Waals surface area (Å²) >= 11 is 0. The minimum atomic E-state index is -0.496. The molecule has 0 saturated heterocycles. The first-order valence-electron chi connectivity index (χ1n) is 8.11. The lowest BCUT2D eigenvalue weighted by molar-refractivity contribution is -0.150. The number of nitrogens with one attached hydrogen (secondary N) is 1. The number of carbonyl (C=O) groups is 1. The largest absolute Gasteiger partial charge is 0.457 e. The summed E-state index contributed by atoms with van der Waals surface area (Å²) in [7, 11) is 0. The van der Waals surface area contributed by atoms with Crippen LogP contribution >= 0.6 is 0 Å². The first-order valence-corrected chi connectivity index (χ1v) is 8.11. The molecule has 0 amide bonds. The van der Waals surface area contributed by atoms with Crippen LogP contribution in [0.15, 0.2) is 35.9 Å². The lowest BCUT2D eigenvalue weighted by atomic mass is 9.95. The smallest absolute Gasteiger partial charge is 0.335 e. The summed E-state index contributed by atoms with van der Waals surface area (Å²) < 4.78 is 5.53. The Morgan fingerprint density at radius 1 is 1.26 bits per heavy atom. The molecule has 4 nitrogen and oxygen atoms in total. The van der Waals surface area contributed by atoms with Crippen molar-refractivity contribution in [3.63, 3.8) is 0 Å². The zero-order valence-electron chi connectivity index (χ0n) is 15.1. The van der Waals surface area contributed by atoms with E-state index in [9.17, 15) is 4.79 Å². The summed E-state index contributed by atoms with van der Waals surface area (Å²) in [5.74, 6) is 0.00556. The van der Waals surface area contributed by atoms with Crippen molar-refractivity contribution in [3.05, 3.63) is 41.5 Å². The van der Waals surface area contributed by atoms with Crippen molar-refractivity contribution in [3.8, 4) is 0 Å². The van der Waals surface area contributed by atoms with Gasteiger partial charge in [0.25, 0.3) is 0 Å². The highest BCUT2D eigenvalue weighted by atomic mass is 16.6. The molecule has 0 fully saturated rings. The lowest BCUT2D eigenvalue weighted by Gasteiger charge is -2.27. The molecule has 0 aliphatic heterocycles. The average Bonchev–Trinajstić information content (AvgIpc) is 2.42. The predicted octanol–water partition coefficient (Wildman–Crippen LogP) is 3.67. The molecule has 0 radical (unpaired) electrons. The van der Waals surface area contributed by atoms with Gasteiger partial charge < -0.3 is 15.8 Å². The summed E-state index contributed by atoms with van der Waals surface area (Å²) in [6.07, 6.45) is 1.84. The first-order chi connectivity index (χ1) is 10.6. The second kappa shape index (κ2) is 8.16. The average molecular weight is 318 g/mol. The summed E-state index contributed by atoms with van der Waals surface area (Å²) in [4.78, 5) is 12.4. The maximum absolute atomic E-state index is 12.4. The van der Waals surface area contributed by atoms with Gasteiger partial charge in [-0.15, -0.1) is 0 Å². The molecule has 1 aromatic rings. The zero-order valence-corrected chi connectivity index (χ0v) is 15.1. The third-order valence-electron chi connectivity index (χ3n) is 3.45. The van der Waals surface area contributed by atoms with E-state index in [4.69, 9.17) is 10.5 Å². The Morgan fingerprint density at radius 2 is 1.83 bits per heavy atom. The molecule has 0 unspecified atom stereocenters. The number of esters is 1. The molecule has 1 rings (SSSR count). The van der Waals surface area contributed by atoms with E-state index in [1.807, 2.05) is 58.0 Å². The van der Waals surface area contributed by atoms with E-state index in [0.29, 0.717) is 12.1 Å². The summed E-state index contributed by atoms with van der Waals surface area (Å²) in [5, 5.41) is 3.46. The number of anilines is 1. The van der Waals surface area contributed by atoms with Crippen LogP contribution in [0.1, 0.15) is 47.1 Å². The Labute approximate surface area is 140 Å². The third kappa shape index (κ3) is 6.45. The summed E-state index contributed by atoms with van der Waals surface area (Å²) in [6, 6.07) is 7.68. The van der Waals surface area contributed by atoms with Crippen LogP contribution < -0.4 is 11.1 Å². The highest BCUT2D eigenvalue weighted by molar-refractivity contribution is 5.90. The highest BCUT2D eigenvalue weighted by Crippen LogP contribution is 2.19. The van der Waals surface area contributed by atoms with Crippen LogP contribution in [0.4, 0.5) is 5.69 Å². The molecule has 23 heavy (non-hydrogen) atoms. The minimum Gasteiger partial charge on any atom is -0.457 e. The van der Waals surface area contributed by atoms with E-state index >= 15 is 0 Å². The molecule has 0 aromatic heterocycles. The molecular weight excluding hydrogens is 288 g/mol. The molecule has 128 valence electrons. The molecule has 1 aromatic carbocycles. The molecule has 0 heterocycles. The van der Waals surface area contributed by atoms with Gasteiger partial charge in [-0.05, 0) is 51.3 Å². The van der Waals surface area contributed by atoms with Gasteiger partial charge in [0.05, 0.1) is 5.57 Å². The normalized spacial score (nSPS) is 14.0. The third-order valence-corrected chi connectivity index (χ3v) is 3.45. The van der Waals surface area contributed by atoms with Crippen LogP contribution in [0.25, 0.3) is 0 Å². The number of benzene rings is 1. The molecule has 3 N–H and O–H groups in total. The van der Waals surface area contributed by atoms with E-state index in [2.05, 4.69) is 19.2 Å². The number of ether oxygens (including phenoxy) is 1. The Bertz CT molecular complexity index is 539. The maximum atomic E-state index is 12.4. The SMILES string of the molecule is C/C=C(/C(=O)OC(C)(C)C)[C@@H](NCc1ccc(N)cc1)C(C)C. The van der Waals surface area contributed by atoms with Crippen LogP contribution in [0.2, 0.25) is 0 Å². The van der Waals surface area contributed by atoms with Gasteiger partial charge in [-0.2, -0.15) is 0 Å². The van der Waals surface area contributed by atoms with Gasteiger partial charge in [0.2, 0.25) is 0 Å². The monoisotopic (exact) mass is 318 g/mol. The van der Waals surface area contributed by atoms with E-state index in [0.717, 1.165) is 11.3 Å². The molecule has 0 saturated carbocycles. The van der Waals surface area contributed by atoms with Crippen LogP contribution in [-0.4, -0.2) is 17.6 Å². The molecule has 0 aliphatic carbocycles. The van der Waals surface area contributed by atoms with Gasteiger partial charge >= 0.3 is 5.97 Å². The van der Waals surface area contributed by atoms with Gasteiger partial charge in [-0.3, -0.25) is 0 Å². The van der Waals surface area contributed by atoms with Gasteiger partial charge in [-0.1, -0.05) is 32.1 Å². The van der Waals surface area contributed by atoms with E-state index in [1.165, 1.54) is 0 Å². The Kier molecular flexibility index (Phi) is 6.82. The van der Waals surface area contributed by atoms with Crippen molar-refractivity contribution in [2.75, 3.05) is 5.73 Å². The van der Waals surface area contributed by atoms with Crippen molar-refractivity contribution in [1.29, 1.82) is 0 Å². The minimum absolute atomic E-state index is 0.0626. The van der Waals surface area contributed by atoms with Crippen molar-refractivity contribution in [2.45, 2.75) is 59.7 Å². The fourth-order valence-corrected chi connectivity index (χ4v) is 2.33. The second-order valence-electron chi connectivity index (χ2n) is 7.09. The predicted molar refractivity (Wildman–Crippen MR) is 95.9 cm³/mol. The maximum Gasteiger partial charge on any atom is 0.335 e. The number of carbonyl (C=O) groups excluding carboxylic acids is 1. The van der Waals surface area contributed by atoms with Crippen molar-refractivity contribution >= 4 is 11.7 Å². The fourth-order valence-electron chi connectivity index (χ4n) is 2.33. The fraction of sp³-hybridized carbons (Fsp3) is 0.526. The Morgan fingerprint density at radius 3 is 2.26 bits per heavy atom. The van der Waals surface area contributed by atoms with Crippen molar-refractivity contribution in [2.24, 2.45) is 5.92 Å². The lowest BCUT2D eigenvalue weighted by Crippen LogP contribution is -2.39. The molecular formula is C19H30N2O2. The molecule has 4 heteroatoms. The van der Waals surface area contributed by atoms with E-state index < -0.39 is 5.60 Å². The van der Waals surface area contributed by atoms with Gasteiger partial charge in [0, 0.05) is 18.3 Å². The summed E-state index contributed by atoms with van der Waals surface area (Å²) in [6.45, 7) is 12.4. The number of nitrogens with two attached hydrogens (primary N) is 1. The number of allylic oxidation sites excluding steroid dienone is 1. The molecule has 1 atom stereocenters. The first kappa shape index (κ1) is 19.2. The van der Waals surface area contributed by atoms with E-state index in [-0.39, 0.29) is 17.9 Å². The molecule has 0 bridgehead atoms. The Hall–Kier alpha value is -1.81. The van der Waals surface area contributed by atoms with Crippen LogP contribution in [-0.2, 0) is 16.1 Å². The number of rotatable bonds is 6. The number of hydrogen-bond acceptors (Lipinski definition) is 4. The van der Waals surface area contributed by atoms with Gasteiger partial charge in [0.15, 0.2) is 0 Å². The summed E-state index contributed by atoms with van der Waals surface area (Å²) in [5.41, 5.74) is 7.76. The standard InChI is InChI=1S/C19H30N2O2/c1-7-16(18(22)23-19(4,5)6)17(13(2)3)21-12-14-8-10-15(20)11-9-14/h7-11,13,17,21H,12,20H2,1-6H3/b16-7+/t17-/m0/s1. The van der Waals surface area contributed by atoms with Gasteiger partial charge in [-0.25, -0.2) is 4.79 Å². The van der Waals surface area contributed by atoms with Crippen LogP contribution in [0.3, 0.4) is 0 Å². The van der Waals surface area contributed by atoms with E-state index in [1.54, 1.807) is 0 Å². The van der Waals surface area contributed by atoms with Crippen LogP contribution in [0, 0.1) is 5.92 Å². The van der Waals surface area contributed by atoms with Gasteiger partial charge in [0.1, 0.15) is 5.60 Å². The van der Waals surface area contributed by atoms with Crippen molar-refractivity contribution < 1.29 is 9.53 Å². The second-order valence-corrected chi connectivity index (χ2v) is 7.09. The highest BCUT2D eigenvalue weighted by Gasteiger charge is 2.27. The van der Waals surface area contributed by atoms with Crippen molar-refractivity contribution in [1.82, 2.24) is 5.32 Å². The van der Waals surface area contributed by atoms with Crippen LogP contribution in [0.5, 0.6) is 0 Å². The zero-order chi connectivity index (χ0) is 17.6. The topological polar surface area (TPSA) is 64.3 Å². The Balaban J connectivity index is 2.83. The quantitative estimate of drug-likeness (QED) is 0.477. The molecule has 0 spiro atoms. The number of nitrogen functional groups attached to an aromatic ring is 1.